The van der Waals surface area contributed by atoms with Crippen molar-refractivity contribution < 1.29 is 14.3 Å². The third kappa shape index (κ3) is 3.62. The van der Waals surface area contributed by atoms with Crippen molar-refractivity contribution in [1.82, 2.24) is 9.88 Å². The Balaban J connectivity index is 2.71. The third-order valence-corrected chi connectivity index (χ3v) is 4.53. The summed E-state index contributed by atoms with van der Waals surface area (Å²) >= 11 is 0. The number of hydrogen-bond acceptors (Lipinski definition) is 4. The van der Waals surface area contributed by atoms with Crippen LogP contribution in [0, 0.1) is 5.92 Å². The number of carbonyl (C=O) groups is 1. The summed E-state index contributed by atoms with van der Waals surface area (Å²) in [4.78, 5) is 25.5. The summed E-state index contributed by atoms with van der Waals surface area (Å²) in [6, 6.07) is 3.33. The van der Waals surface area contributed by atoms with Gasteiger partial charge in [0.05, 0.1) is 25.2 Å². The quantitative estimate of drug-likeness (QED) is 0.873. The lowest BCUT2D eigenvalue weighted by molar-refractivity contribution is 0.0931. The average molecular weight is 346 g/mol. The van der Waals surface area contributed by atoms with Crippen LogP contribution < -0.4 is 20.3 Å². The van der Waals surface area contributed by atoms with Gasteiger partial charge in [-0.1, -0.05) is 13.8 Å². The number of carbonyl (C=O) groups excluding carboxylic acids is 1. The van der Waals surface area contributed by atoms with Gasteiger partial charge in [0, 0.05) is 24.2 Å². The maximum atomic E-state index is 12.8. The molecular formula is C19H26N2O4. The second kappa shape index (κ2) is 7.59. The van der Waals surface area contributed by atoms with E-state index >= 15 is 0 Å². The van der Waals surface area contributed by atoms with Crippen LogP contribution in [-0.4, -0.2) is 30.7 Å². The summed E-state index contributed by atoms with van der Waals surface area (Å²) in [6.07, 6.45) is 1.61. The van der Waals surface area contributed by atoms with Gasteiger partial charge in [-0.05, 0) is 31.9 Å². The zero-order valence-corrected chi connectivity index (χ0v) is 15.7. The van der Waals surface area contributed by atoms with Crippen molar-refractivity contribution in [2.24, 2.45) is 5.92 Å². The Morgan fingerprint density at radius 1 is 1.12 bits per heavy atom. The second-order valence-electron chi connectivity index (χ2n) is 6.39. The zero-order valence-electron chi connectivity index (χ0n) is 15.7. The highest BCUT2D eigenvalue weighted by Crippen LogP contribution is 2.32. The number of amides is 1. The molecule has 0 aliphatic rings. The van der Waals surface area contributed by atoms with Crippen molar-refractivity contribution in [3.63, 3.8) is 0 Å². The third-order valence-electron chi connectivity index (χ3n) is 4.53. The fourth-order valence-corrected chi connectivity index (χ4v) is 2.58. The molecule has 1 N–H and O–H groups in total. The van der Waals surface area contributed by atoms with Gasteiger partial charge in [-0.2, -0.15) is 0 Å². The molecule has 0 saturated carbocycles. The first-order chi connectivity index (χ1) is 11.8. The average Bonchev–Trinajstić information content (AvgIpc) is 2.60. The number of hydrogen-bond donors (Lipinski definition) is 1. The van der Waals surface area contributed by atoms with Crippen LogP contribution in [0.1, 0.15) is 38.1 Å². The largest absolute Gasteiger partial charge is 0.493 e. The maximum Gasteiger partial charge on any atom is 0.258 e. The van der Waals surface area contributed by atoms with E-state index in [0.717, 1.165) is 0 Å². The lowest BCUT2D eigenvalue weighted by atomic mass is 10.0. The molecule has 0 spiro atoms. The summed E-state index contributed by atoms with van der Waals surface area (Å²) < 4.78 is 12.2. The summed E-state index contributed by atoms with van der Waals surface area (Å²) in [5.41, 5.74) is 0.289. The lowest BCUT2D eigenvalue weighted by Crippen LogP contribution is -2.37. The van der Waals surface area contributed by atoms with E-state index in [2.05, 4.69) is 5.32 Å². The van der Waals surface area contributed by atoms with Gasteiger partial charge in [0.1, 0.15) is 0 Å². The fraction of sp³-hybridized carbons (Fsp3) is 0.474. The van der Waals surface area contributed by atoms with Crippen molar-refractivity contribution in [2.45, 2.75) is 40.3 Å². The van der Waals surface area contributed by atoms with Crippen LogP contribution in [0.15, 0.2) is 23.1 Å². The van der Waals surface area contributed by atoms with Crippen LogP contribution in [0.2, 0.25) is 0 Å². The summed E-state index contributed by atoms with van der Waals surface area (Å²) in [6.45, 7) is 8.40. The van der Waals surface area contributed by atoms with Crippen LogP contribution in [-0.2, 0) is 6.54 Å². The molecule has 1 aromatic carbocycles. The predicted molar refractivity (Wildman–Crippen MR) is 98.8 cm³/mol. The van der Waals surface area contributed by atoms with Crippen LogP contribution in [0.25, 0.3) is 10.8 Å². The highest BCUT2D eigenvalue weighted by atomic mass is 16.5. The standard InChI is InChI=1S/C19H26N2O4/c1-7-21-10-15(18(22)20-12(4)11(2)3)13-8-16(24-5)17(25-6)9-14(13)19(21)23/h8-12H,7H2,1-6H3,(H,20,22). The van der Waals surface area contributed by atoms with E-state index in [1.54, 1.807) is 18.3 Å². The molecule has 1 amide bonds. The molecule has 1 unspecified atom stereocenters. The highest BCUT2D eigenvalue weighted by molar-refractivity contribution is 6.07. The molecule has 0 aliphatic carbocycles. The predicted octanol–water partition coefficient (Wildman–Crippen LogP) is 2.81. The van der Waals surface area contributed by atoms with Crippen molar-refractivity contribution in [3.05, 3.63) is 34.2 Å². The highest BCUT2D eigenvalue weighted by Gasteiger charge is 2.19. The molecule has 0 saturated heterocycles. The molecule has 6 heteroatoms. The molecule has 25 heavy (non-hydrogen) atoms. The first-order valence-corrected chi connectivity index (χ1v) is 8.44. The van der Waals surface area contributed by atoms with E-state index in [4.69, 9.17) is 9.47 Å². The molecule has 0 radical (unpaired) electrons. The molecule has 2 aromatic rings. The molecule has 6 nitrogen and oxygen atoms in total. The van der Waals surface area contributed by atoms with Gasteiger partial charge in [0.2, 0.25) is 0 Å². The van der Waals surface area contributed by atoms with Crippen molar-refractivity contribution in [3.8, 4) is 11.5 Å². The van der Waals surface area contributed by atoms with Gasteiger partial charge in [-0.25, -0.2) is 0 Å². The number of nitrogens with one attached hydrogen (secondary N) is 1. The maximum absolute atomic E-state index is 12.8. The van der Waals surface area contributed by atoms with Gasteiger partial charge in [0.25, 0.3) is 11.5 Å². The molecule has 1 atom stereocenters. The Labute approximate surface area is 147 Å². The topological polar surface area (TPSA) is 69.6 Å². The Bertz CT molecular complexity index is 839. The number of ether oxygens (including phenoxy) is 2. The number of aromatic nitrogens is 1. The number of fused-ring (bicyclic) bond motifs is 1. The number of rotatable bonds is 6. The van der Waals surface area contributed by atoms with E-state index < -0.39 is 0 Å². The Kier molecular flexibility index (Phi) is 5.72. The molecular weight excluding hydrogens is 320 g/mol. The van der Waals surface area contributed by atoms with Crippen LogP contribution in [0.3, 0.4) is 0 Å². The van der Waals surface area contributed by atoms with Gasteiger partial charge in [-0.15, -0.1) is 0 Å². The molecule has 0 aliphatic heterocycles. The number of pyridine rings is 1. The molecule has 2 rings (SSSR count). The fourth-order valence-electron chi connectivity index (χ4n) is 2.58. The van der Waals surface area contributed by atoms with Gasteiger partial charge < -0.3 is 19.4 Å². The van der Waals surface area contributed by atoms with E-state index in [0.29, 0.717) is 40.3 Å². The first-order valence-electron chi connectivity index (χ1n) is 8.44. The second-order valence-corrected chi connectivity index (χ2v) is 6.39. The first kappa shape index (κ1) is 18.8. The Morgan fingerprint density at radius 3 is 2.16 bits per heavy atom. The smallest absolute Gasteiger partial charge is 0.258 e. The lowest BCUT2D eigenvalue weighted by Gasteiger charge is -2.19. The molecule has 1 aromatic heterocycles. The minimum atomic E-state index is -0.208. The van der Waals surface area contributed by atoms with Crippen LogP contribution in [0.4, 0.5) is 0 Å². The van der Waals surface area contributed by atoms with Crippen molar-refractivity contribution in [2.75, 3.05) is 14.2 Å². The number of nitrogens with zero attached hydrogens (tertiary/aromatic N) is 1. The van der Waals surface area contributed by atoms with E-state index in [1.807, 2.05) is 27.7 Å². The monoisotopic (exact) mass is 346 g/mol. The van der Waals surface area contributed by atoms with Crippen molar-refractivity contribution >= 4 is 16.7 Å². The van der Waals surface area contributed by atoms with Crippen molar-refractivity contribution in [1.29, 1.82) is 0 Å². The minimum absolute atomic E-state index is 0.0182. The van der Waals surface area contributed by atoms with Gasteiger partial charge in [-0.3, -0.25) is 9.59 Å². The zero-order chi connectivity index (χ0) is 18.7. The number of benzene rings is 1. The summed E-state index contributed by atoms with van der Waals surface area (Å²) in [5.74, 6) is 1.04. The SMILES string of the molecule is CCn1cc(C(=O)NC(C)C(C)C)c2cc(OC)c(OC)cc2c1=O. The van der Waals surface area contributed by atoms with Gasteiger partial charge in [0.15, 0.2) is 11.5 Å². The van der Waals surface area contributed by atoms with E-state index in [1.165, 1.54) is 18.8 Å². The van der Waals surface area contributed by atoms with Crippen LogP contribution >= 0.6 is 0 Å². The molecule has 0 fully saturated rings. The summed E-state index contributed by atoms with van der Waals surface area (Å²) in [5, 5.41) is 3.99. The normalized spacial score (nSPS) is 12.3. The van der Waals surface area contributed by atoms with Gasteiger partial charge >= 0.3 is 0 Å². The minimum Gasteiger partial charge on any atom is -0.493 e. The Morgan fingerprint density at radius 2 is 1.68 bits per heavy atom. The van der Waals surface area contributed by atoms with Crippen LogP contribution in [0.5, 0.6) is 11.5 Å². The molecule has 0 bridgehead atoms. The summed E-state index contributed by atoms with van der Waals surface area (Å²) in [7, 11) is 3.04. The van der Waals surface area contributed by atoms with E-state index in [-0.39, 0.29) is 17.5 Å². The molecule has 136 valence electrons. The van der Waals surface area contributed by atoms with E-state index in [9.17, 15) is 9.59 Å². The molecule has 1 heterocycles. The number of methoxy groups -OCH3 is 2. The Hall–Kier alpha value is -2.50. The number of aryl methyl sites for hydroxylation is 1.